The van der Waals surface area contributed by atoms with Gasteiger partial charge in [0.15, 0.2) is 0 Å². The number of carbonyl (C=O) groups is 1. The van der Waals surface area contributed by atoms with E-state index in [0.29, 0.717) is 6.42 Å². The quantitative estimate of drug-likeness (QED) is 0.871. The lowest BCUT2D eigenvalue weighted by molar-refractivity contribution is 0.224. The second kappa shape index (κ2) is 6.13. The Kier molecular flexibility index (Phi) is 4.33. The normalized spacial score (nSPS) is 21.2. The number of nitrogens with zero attached hydrogens (tertiary/aromatic N) is 1. The van der Waals surface area contributed by atoms with Crippen molar-refractivity contribution in [1.29, 1.82) is 0 Å². The van der Waals surface area contributed by atoms with Crippen LogP contribution in [0.1, 0.15) is 36.8 Å². The van der Waals surface area contributed by atoms with Crippen molar-refractivity contribution in [3.8, 4) is 0 Å². The summed E-state index contributed by atoms with van der Waals surface area (Å²) >= 11 is 0. The molecule has 0 aliphatic heterocycles. The largest absolute Gasteiger partial charge is 0.334 e. The van der Waals surface area contributed by atoms with Crippen LogP contribution in [-0.2, 0) is 22.9 Å². The number of carbonyl (C=O) groups excluding carboxylic acids is 1. The molecule has 3 N–H and O–H groups in total. The van der Waals surface area contributed by atoms with Crippen LogP contribution in [-0.4, -0.2) is 37.9 Å². The van der Waals surface area contributed by atoms with E-state index >= 15 is 0 Å². The molecule has 0 aromatic heterocycles. The highest BCUT2D eigenvalue weighted by molar-refractivity contribution is 7.89. The molecule has 1 saturated carbocycles. The maximum absolute atomic E-state index is 12.7. The SMILES string of the molecule is CN(C(=O)NC1CCCC1)S(=O)(=O)c1ccc2c(c1)CC(N)C2. The van der Waals surface area contributed by atoms with Gasteiger partial charge < -0.3 is 11.1 Å². The van der Waals surface area contributed by atoms with Gasteiger partial charge in [-0.15, -0.1) is 0 Å². The van der Waals surface area contributed by atoms with Crippen LogP contribution in [0.25, 0.3) is 0 Å². The van der Waals surface area contributed by atoms with Gasteiger partial charge in [0.25, 0.3) is 10.0 Å². The molecule has 1 atom stereocenters. The van der Waals surface area contributed by atoms with Crippen LogP contribution < -0.4 is 11.1 Å². The van der Waals surface area contributed by atoms with Crippen molar-refractivity contribution in [2.45, 2.75) is 55.5 Å². The van der Waals surface area contributed by atoms with Gasteiger partial charge in [-0.3, -0.25) is 0 Å². The van der Waals surface area contributed by atoms with Gasteiger partial charge in [0.05, 0.1) is 4.90 Å². The fraction of sp³-hybridized carbons (Fsp3) is 0.562. The third-order valence-corrected chi connectivity index (χ3v) is 6.51. The summed E-state index contributed by atoms with van der Waals surface area (Å²) in [5.41, 5.74) is 7.97. The lowest BCUT2D eigenvalue weighted by atomic mass is 10.1. The molecule has 1 fully saturated rings. The van der Waals surface area contributed by atoms with E-state index in [1.54, 1.807) is 18.2 Å². The number of urea groups is 1. The Bertz CT molecular complexity index is 711. The molecule has 2 aliphatic rings. The standard InChI is InChI=1S/C16H23N3O3S/c1-19(16(20)18-14-4-2-3-5-14)23(21,22)15-7-6-11-8-13(17)9-12(11)10-15/h6-7,10,13-14H,2-5,8-9,17H2,1H3,(H,18,20). The van der Waals surface area contributed by atoms with Crippen molar-refractivity contribution in [2.24, 2.45) is 5.73 Å². The minimum absolute atomic E-state index is 0.0475. The third kappa shape index (κ3) is 3.21. The average Bonchev–Trinajstić information content (AvgIpc) is 3.13. The number of nitrogens with one attached hydrogen (secondary N) is 1. The first-order valence-corrected chi connectivity index (χ1v) is 9.49. The van der Waals surface area contributed by atoms with Crippen molar-refractivity contribution < 1.29 is 13.2 Å². The number of sulfonamides is 1. The second-order valence-electron chi connectivity index (χ2n) is 6.50. The van der Waals surface area contributed by atoms with Gasteiger partial charge >= 0.3 is 6.03 Å². The zero-order valence-corrected chi connectivity index (χ0v) is 14.1. The van der Waals surface area contributed by atoms with E-state index in [2.05, 4.69) is 5.32 Å². The number of fused-ring (bicyclic) bond motifs is 1. The Morgan fingerprint density at radius 1 is 1.22 bits per heavy atom. The van der Waals surface area contributed by atoms with E-state index < -0.39 is 16.1 Å². The molecule has 3 rings (SSSR count). The van der Waals surface area contributed by atoms with Crippen LogP contribution >= 0.6 is 0 Å². The van der Waals surface area contributed by atoms with Gasteiger partial charge in [0, 0.05) is 19.1 Å². The van der Waals surface area contributed by atoms with E-state index in [9.17, 15) is 13.2 Å². The topological polar surface area (TPSA) is 92.5 Å². The summed E-state index contributed by atoms with van der Waals surface area (Å²) in [6.45, 7) is 0. The molecule has 1 aromatic rings. The molecular formula is C16H23N3O3S. The summed E-state index contributed by atoms with van der Waals surface area (Å²) in [5.74, 6) is 0. The minimum Gasteiger partial charge on any atom is -0.334 e. The third-order valence-electron chi connectivity index (χ3n) is 4.77. The molecule has 126 valence electrons. The maximum atomic E-state index is 12.7. The Labute approximate surface area is 137 Å². The Hall–Kier alpha value is -1.60. The van der Waals surface area contributed by atoms with E-state index in [4.69, 9.17) is 5.73 Å². The molecule has 0 saturated heterocycles. The van der Waals surface area contributed by atoms with Gasteiger partial charge in [-0.05, 0) is 48.9 Å². The van der Waals surface area contributed by atoms with Crippen molar-refractivity contribution in [3.05, 3.63) is 29.3 Å². The van der Waals surface area contributed by atoms with Crippen LogP contribution in [0, 0.1) is 0 Å². The zero-order valence-electron chi connectivity index (χ0n) is 13.3. The molecule has 0 heterocycles. The molecule has 0 spiro atoms. The second-order valence-corrected chi connectivity index (χ2v) is 8.47. The molecule has 1 aromatic carbocycles. The summed E-state index contributed by atoms with van der Waals surface area (Å²) < 4.78 is 26.1. The van der Waals surface area contributed by atoms with Crippen molar-refractivity contribution >= 4 is 16.1 Å². The Morgan fingerprint density at radius 2 is 1.87 bits per heavy atom. The summed E-state index contributed by atoms with van der Waals surface area (Å²) in [6, 6.07) is 4.58. The maximum Gasteiger partial charge on any atom is 0.331 e. The van der Waals surface area contributed by atoms with Gasteiger partial charge in [-0.1, -0.05) is 18.9 Å². The smallest absolute Gasteiger partial charge is 0.331 e. The van der Waals surface area contributed by atoms with Crippen LogP contribution in [0.4, 0.5) is 4.79 Å². The molecule has 2 aliphatic carbocycles. The molecule has 0 radical (unpaired) electrons. The lowest BCUT2D eigenvalue weighted by Gasteiger charge is -2.21. The van der Waals surface area contributed by atoms with E-state index in [-0.39, 0.29) is 17.0 Å². The Morgan fingerprint density at radius 3 is 2.57 bits per heavy atom. The number of hydrogen-bond acceptors (Lipinski definition) is 4. The molecular weight excluding hydrogens is 314 g/mol. The summed E-state index contributed by atoms with van der Waals surface area (Å²) in [7, 11) is -2.53. The first-order valence-electron chi connectivity index (χ1n) is 8.05. The highest BCUT2D eigenvalue weighted by atomic mass is 32.2. The fourth-order valence-electron chi connectivity index (χ4n) is 3.39. The van der Waals surface area contributed by atoms with Gasteiger partial charge in [-0.25, -0.2) is 17.5 Å². The molecule has 2 amide bonds. The van der Waals surface area contributed by atoms with Gasteiger partial charge in [0.2, 0.25) is 0 Å². The molecule has 7 heteroatoms. The van der Waals surface area contributed by atoms with Crippen LogP contribution in [0.3, 0.4) is 0 Å². The highest BCUT2D eigenvalue weighted by Crippen LogP contribution is 2.26. The van der Waals surface area contributed by atoms with Crippen molar-refractivity contribution in [2.75, 3.05) is 7.05 Å². The zero-order chi connectivity index (χ0) is 16.6. The van der Waals surface area contributed by atoms with E-state index in [1.165, 1.54) is 7.05 Å². The van der Waals surface area contributed by atoms with E-state index in [1.807, 2.05) is 0 Å². The summed E-state index contributed by atoms with van der Waals surface area (Å²) in [6.07, 6.45) is 5.43. The first-order chi connectivity index (χ1) is 10.9. The number of hydrogen-bond donors (Lipinski definition) is 2. The van der Waals surface area contributed by atoms with Crippen molar-refractivity contribution in [1.82, 2.24) is 9.62 Å². The number of amides is 2. The van der Waals surface area contributed by atoms with Crippen LogP contribution in [0.2, 0.25) is 0 Å². The predicted octanol–water partition coefficient (Wildman–Crippen LogP) is 1.39. The molecule has 6 nitrogen and oxygen atoms in total. The van der Waals surface area contributed by atoms with Crippen molar-refractivity contribution in [3.63, 3.8) is 0 Å². The van der Waals surface area contributed by atoms with E-state index in [0.717, 1.165) is 47.5 Å². The average molecular weight is 337 g/mol. The van der Waals surface area contributed by atoms with Crippen LogP contribution in [0.15, 0.2) is 23.1 Å². The molecule has 0 bridgehead atoms. The summed E-state index contributed by atoms with van der Waals surface area (Å²) in [5, 5.41) is 2.80. The van der Waals surface area contributed by atoms with Crippen LogP contribution in [0.5, 0.6) is 0 Å². The fourth-order valence-corrected chi connectivity index (χ4v) is 4.51. The predicted molar refractivity (Wildman–Crippen MR) is 87.6 cm³/mol. The lowest BCUT2D eigenvalue weighted by Crippen LogP contribution is -2.44. The number of nitrogens with two attached hydrogens (primary N) is 1. The Balaban J connectivity index is 1.77. The molecule has 1 unspecified atom stereocenters. The minimum atomic E-state index is -3.84. The number of benzene rings is 1. The first kappa shape index (κ1) is 16.3. The van der Waals surface area contributed by atoms with Gasteiger partial charge in [0.1, 0.15) is 0 Å². The van der Waals surface area contributed by atoms with Gasteiger partial charge in [-0.2, -0.15) is 0 Å². The summed E-state index contributed by atoms with van der Waals surface area (Å²) in [4.78, 5) is 12.4. The highest BCUT2D eigenvalue weighted by Gasteiger charge is 2.29. The number of rotatable bonds is 3. The molecule has 23 heavy (non-hydrogen) atoms. The monoisotopic (exact) mass is 337 g/mol.